The molecule has 5 heteroatoms. The molecule has 1 heterocycles. The number of nitrogens with one attached hydrogen (secondary N) is 1. The molecule has 0 aliphatic heterocycles. The van der Waals surface area contributed by atoms with E-state index in [2.05, 4.69) is 31.1 Å². The lowest BCUT2D eigenvalue weighted by Gasteiger charge is -2.18. The standard InChI is InChI=1S/C15H25N3OS/c1-15(2,3)20-11-7-9-13(19)17-14-12(18(4)5)8-6-10-16-14/h6,8,10H,7,9,11H2,1-5H3,(H,16,17,19). The number of carbonyl (C=O) groups excluding carboxylic acids is 1. The zero-order valence-electron chi connectivity index (χ0n) is 13.1. The van der Waals surface area contributed by atoms with Crippen molar-refractivity contribution >= 4 is 29.2 Å². The van der Waals surface area contributed by atoms with Crippen LogP contribution in [0.1, 0.15) is 33.6 Å². The van der Waals surface area contributed by atoms with E-state index >= 15 is 0 Å². The number of thioether (sulfide) groups is 1. The van der Waals surface area contributed by atoms with E-state index in [0.717, 1.165) is 17.9 Å². The molecular weight excluding hydrogens is 270 g/mol. The number of nitrogens with zero attached hydrogens (tertiary/aromatic N) is 2. The molecule has 0 saturated heterocycles. The van der Waals surface area contributed by atoms with Crippen molar-refractivity contribution in [3.8, 4) is 0 Å². The van der Waals surface area contributed by atoms with Crippen LogP contribution >= 0.6 is 11.8 Å². The highest BCUT2D eigenvalue weighted by molar-refractivity contribution is 8.00. The van der Waals surface area contributed by atoms with Crippen molar-refractivity contribution in [1.29, 1.82) is 0 Å². The van der Waals surface area contributed by atoms with Crippen molar-refractivity contribution in [3.05, 3.63) is 18.3 Å². The Hall–Kier alpha value is -1.23. The maximum atomic E-state index is 11.9. The van der Waals surface area contributed by atoms with Crippen molar-refractivity contribution in [2.45, 2.75) is 38.4 Å². The third-order valence-corrected chi connectivity index (χ3v) is 3.97. The smallest absolute Gasteiger partial charge is 0.225 e. The van der Waals surface area contributed by atoms with E-state index in [-0.39, 0.29) is 10.7 Å². The number of pyridine rings is 1. The Bertz CT molecular complexity index is 441. The van der Waals surface area contributed by atoms with Gasteiger partial charge in [0.2, 0.25) is 5.91 Å². The lowest BCUT2D eigenvalue weighted by Crippen LogP contribution is -2.18. The predicted octanol–water partition coefficient (Wildman–Crippen LogP) is 3.40. The highest BCUT2D eigenvalue weighted by atomic mass is 32.2. The first kappa shape index (κ1) is 16.8. The van der Waals surface area contributed by atoms with Gasteiger partial charge in [0.1, 0.15) is 0 Å². The van der Waals surface area contributed by atoms with Crippen molar-refractivity contribution in [3.63, 3.8) is 0 Å². The van der Waals surface area contributed by atoms with Gasteiger partial charge in [-0.15, -0.1) is 0 Å². The van der Waals surface area contributed by atoms with Crippen LogP contribution in [-0.2, 0) is 4.79 Å². The third-order valence-electron chi connectivity index (χ3n) is 2.61. The van der Waals surface area contributed by atoms with E-state index in [1.165, 1.54) is 0 Å². The summed E-state index contributed by atoms with van der Waals surface area (Å²) in [5, 5.41) is 2.89. The van der Waals surface area contributed by atoms with Crippen LogP contribution < -0.4 is 10.2 Å². The summed E-state index contributed by atoms with van der Waals surface area (Å²) in [6.45, 7) is 6.57. The molecule has 0 atom stereocenters. The molecule has 0 aliphatic rings. The number of hydrogen-bond acceptors (Lipinski definition) is 4. The molecule has 1 rings (SSSR count). The zero-order chi connectivity index (χ0) is 15.2. The van der Waals surface area contributed by atoms with Gasteiger partial charge in [-0.05, 0) is 24.3 Å². The van der Waals surface area contributed by atoms with E-state index < -0.39 is 0 Å². The molecule has 0 fully saturated rings. The molecule has 112 valence electrons. The van der Waals surface area contributed by atoms with E-state index in [1.54, 1.807) is 6.20 Å². The molecule has 0 saturated carbocycles. The molecule has 0 radical (unpaired) electrons. The van der Waals surface area contributed by atoms with Crippen LogP contribution in [0.5, 0.6) is 0 Å². The Morgan fingerprint density at radius 1 is 1.40 bits per heavy atom. The minimum Gasteiger partial charge on any atom is -0.375 e. The fourth-order valence-electron chi connectivity index (χ4n) is 1.66. The second kappa shape index (κ2) is 7.53. The maximum absolute atomic E-state index is 11.9. The van der Waals surface area contributed by atoms with Crippen LogP contribution in [0, 0.1) is 0 Å². The highest BCUT2D eigenvalue weighted by Gasteiger charge is 2.12. The summed E-state index contributed by atoms with van der Waals surface area (Å²) in [6, 6.07) is 3.81. The lowest BCUT2D eigenvalue weighted by atomic mass is 10.3. The summed E-state index contributed by atoms with van der Waals surface area (Å²) in [5.41, 5.74) is 0.921. The summed E-state index contributed by atoms with van der Waals surface area (Å²) in [6.07, 6.45) is 3.11. The summed E-state index contributed by atoms with van der Waals surface area (Å²) < 4.78 is 0.259. The summed E-state index contributed by atoms with van der Waals surface area (Å²) in [4.78, 5) is 18.1. The molecule has 0 spiro atoms. The average molecular weight is 295 g/mol. The molecule has 1 aromatic rings. The minimum atomic E-state index is 0.0290. The average Bonchev–Trinajstić information content (AvgIpc) is 2.34. The van der Waals surface area contributed by atoms with Crippen LogP contribution in [-0.4, -0.2) is 35.5 Å². The lowest BCUT2D eigenvalue weighted by molar-refractivity contribution is -0.116. The summed E-state index contributed by atoms with van der Waals surface area (Å²) in [5.74, 6) is 1.66. The van der Waals surface area contributed by atoms with Crippen LogP contribution in [0.2, 0.25) is 0 Å². The van der Waals surface area contributed by atoms with E-state index in [9.17, 15) is 4.79 Å². The molecule has 0 unspecified atom stereocenters. The normalized spacial score (nSPS) is 11.2. The second-order valence-corrected chi connectivity index (χ2v) is 7.80. The van der Waals surface area contributed by atoms with Gasteiger partial charge < -0.3 is 10.2 Å². The Labute approximate surface area is 126 Å². The number of amides is 1. The van der Waals surface area contributed by atoms with Gasteiger partial charge in [0.15, 0.2) is 5.82 Å². The molecule has 0 aromatic carbocycles. The molecule has 0 bridgehead atoms. The molecule has 1 amide bonds. The van der Waals surface area contributed by atoms with Crippen molar-refractivity contribution < 1.29 is 4.79 Å². The monoisotopic (exact) mass is 295 g/mol. The molecular formula is C15H25N3OS. The number of rotatable bonds is 6. The van der Waals surface area contributed by atoms with Crippen LogP contribution in [0.4, 0.5) is 11.5 Å². The van der Waals surface area contributed by atoms with Crippen LogP contribution in [0.3, 0.4) is 0 Å². The second-order valence-electron chi connectivity index (χ2n) is 5.88. The van der Waals surface area contributed by atoms with Crippen molar-refractivity contribution in [1.82, 2.24) is 4.98 Å². The zero-order valence-corrected chi connectivity index (χ0v) is 13.9. The maximum Gasteiger partial charge on any atom is 0.225 e. The van der Waals surface area contributed by atoms with Crippen molar-refractivity contribution in [2.75, 3.05) is 30.1 Å². The Morgan fingerprint density at radius 3 is 2.70 bits per heavy atom. The van der Waals surface area contributed by atoms with Gasteiger partial charge in [-0.2, -0.15) is 11.8 Å². The van der Waals surface area contributed by atoms with Gasteiger partial charge in [-0.1, -0.05) is 20.8 Å². The molecule has 0 aliphatic carbocycles. The number of carbonyl (C=O) groups is 1. The predicted molar refractivity (Wildman–Crippen MR) is 88.6 cm³/mol. The van der Waals surface area contributed by atoms with E-state index in [1.807, 2.05) is 42.9 Å². The highest BCUT2D eigenvalue weighted by Crippen LogP contribution is 2.24. The first-order valence-corrected chi connectivity index (χ1v) is 7.84. The van der Waals surface area contributed by atoms with Gasteiger partial charge in [0, 0.05) is 31.5 Å². The van der Waals surface area contributed by atoms with E-state index in [0.29, 0.717) is 12.2 Å². The quantitative estimate of drug-likeness (QED) is 0.817. The van der Waals surface area contributed by atoms with Gasteiger partial charge in [-0.25, -0.2) is 4.98 Å². The van der Waals surface area contributed by atoms with Gasteiger partial charge in [0.25, 0.3) is 0 Å². The Morgan fingerprint density at radius 2 is 2.10 bits per heavy atom. The summed E-state index contributed by atoms with van der Waals surface area (Å²) in [7, 11) is 3.87. The molecule has 4 nitrogen and oxygen atoms in total. The fraction of sp³-hybridized carbons (Fsp3) is 0.600. The van der Waals surface area contributed by atoms with Gasteiger partial charge in [0.05, 0.1) is 5.69 Å². The van der Waals surface area contributed by atoms with Gasteiger partial charge in [-0.3, -0.25) is 4.79 Å². The topological polar surface area (TPSA) is 45.2 Å². The van der Waals surface area contributed by atoms with Crippen LogP contribution in [0.25, 0.3) is 0 Å². The Kier molecular flexibility index (Phi) is 6.33. The van der Waals surface area contributed by atoms with Gasteiger partial charge >= 0.3 is 0 Å². The first-order valence-electron chi connectivity index (χ1n) is 6.86. The Balaban J connectivity index is 2.43. The molecule has 1 aromatic heterocycles. The fourth-order valence-corrected chi connectivity index (χ4v) is 2.56. The third kappa shape index (κ3) is 6.28. The van der Waals surface area contributed by atoms with Crippen molar-refractivity contribution in [2.24, 2.45) is 0 Å². The van der Waals surface area contributed by atoms with Crippen LogP contribution in [0.15, 0.2) is 18.3 Å². The van der Waals surface area contributed by atoms with E-state index in [4.69, 9.17) is 0 Å². The first-order chi connectivity index (χ1) is 9.29. The molecule has 20 heavy (non-hydrogen) atoms. The molecule has 1 N–H and O–H groups in total. The minimum absolute atomic E-state index is 0.0290. The number of aromatic nitrogens is 1. The summed E-state index contributed by atoms with van der Waals surface area (Å²) >= 11 is 1.89. The number of anilines is 2. The number of hydrogen-bond donors (Lipinski definition) is 1. The largest absolute Gasteiger partial charge is 0.375 e. The SMILES string of the molecule is CN(C)c1cccnc1NC(=O)CCCSC(C)(C)C.